The molecular formula is C68H57O4P. The van der Waals surface area contributed by atoms with Crippen molar-refractivity contribution >= 4 is 23.8 Å². The van der Waals surface area contributed by atoms with Gasteiger partial charge >= 0.3 is 0 Å². The molecule has 10 aromatic rings. The third-order valence-corrected chi connectivity index (χ3v) is 15.9. The smallest absolute Gasteiger partial charge is 0.126 e. The van der Waals surface area contributed by atoms with Crippen molar-refractivity contribution in [3.63, 3.8) is 0 Å². The van der Waals surface area contributed by atoms with E-state index >= 15 is 0 Å². The van der Waals surface area contributed by atoms with Crippen LogP contribution in [0.4, 0.5) is 0 Å². The molecule has 0 N–H and O–H groups in total. The van der Waals surface area contributed by atoms with E-state index in [1.807, 2.05) is 6.07 Å². The van der Waals surface area contributed by atoms with E-state index in [1.54, 1.807) is 0 Å². The average molecular weight is 969 g/mol. The maximum atomic E-state index is 7.25. The van der Waals surface area contributed by atoms with Crippen LogP contribution in [0.5, 0.6) is 23.0 Å². The van der Waals surface area contributed by atoms with Crippen LogP contribution in [-0.4, -0.2) is 0 Å². The summed E-state index contributed by atoms with van der Waals surface area (Å²) in [4.78, 5) is 0. The average Bonchev–Trinajstić information content (AvgIpc) is 3.44. The van der Waals surface area contributed by atoms with Crippen LogP contribution in [0.1, 0.15) is 66.8 Å². The van der Waals surface area contributed by atoms with Crippen molar-refractivity contribution in [1.29, 1.82) is 0 Å². The molecular weight excluding hydrogens is 912 g/mol. The highest BCUT2D eigenvalue weighted by atomic mass is 31.1. The molecule has 0 aromatic heterocycles. The molecule has 0 saturated heterocycles. The summed E-state index contributed by atoms with van der Waals surface area (Å²) >= 11 is 0. The Morgan fingerprint density at radius 3 is 0.740 bits per heavy atom. The van der Waals surface area contributed by atoms with Gasteiger partial charge in [0.05, 0.1) is 0 Å². The standard InChI is InChI=1S/C68H57O4P/c1-7-22-50(23-8-1)46-69-65-54-30-19-31-55(65)41-57-33-21-35-59(67(57)71-48-52-26-11-3-12-27-52)43-61-45-64(73(62-36-15-5-16-37-62)63-38-17-6-18-39-63)44-60(68(61)72-49-53-28-13-4-14-29-53)42-58-34-20-32-56(40-54)66(58)70-47-51-24-9-2-10-25-51/h1-39,44-45H,40-43,46-49H2. The van der Waals surface area contributed by atoms with Crippen LogP contribution in [0.3, 0.4) is 0 Å². The van der Waals surface area contributed by atoms with Crippen LogP contribution < -0.4 is 34.9 Å². The number of fused-ring (bicyclic) bond motifs is 8. The summed E-state index contributed by atoms with van der Waals surface area (Å²) in [5, 5.41) is 3.83. The summed E-state index contributed by atoms with van der Waals surface area (Å²) in [5.41, 5.74) is 13.2. The number of hydrogen-bond acceptors (Lipinski definition) is 4. The van der Waals surface area contributed by atoms with Gasteiger partial charge in [0.15, 0.2) is 0 Å². The monoisotopic (exact) mass is 968 g/mol. The molecule has 0 spiro atoms. The van der Waals surface area contributed by atoms with Crippen LogP contribution >= 0.6 is 7.92 Å². The Hall–Kier alpha value is -8.17. The van der Waals surface area contributed by atoms with Gasteiger partial charge in [0.1, 0.15) is 49.4 Å². The minimum Gasteiger partial charge on any atom is -0.488 e. The first-order valence-corrected chi connectivity index (χ1v) is 26.6. The second kappa shape index (κ2) is 22.9. The van der Waals surface area contributed by atoms with Crippen molar-refractivity contribution in [2.75, 3.05) is 0 Å². The lowest BCUT2D eigenvalue weighted by Crippen LogP contribution is -2.22. The molecule has 0 fully saturated rings. The molecule has 8 bridgehead atoms. The molecule has 73 heavy (non-hydrogen) atoms. The quantitative estimate of drug-likeness (QED) is 0.0960. The van der Waals surface area contributed by atoms with Crippen molar-refractivity contribution in [3.8, 4) is 23.0 Å². The van der Waals surface area contributed by atoms with Crippen molar-refractivity contribution in [2.45, 2.75) is 52.1 Å². The van der Waals surface area contributed by atoms with E-state index in [9.17, 15) is 0 Å². The molecule has 0 amide bonds. The molecule has 0 heterocycles. The highest BCUT2D eigenvalue weighted by Gasteiger charge is 2.26. The Balaban J connectivity index is 1.14. The SMILES string of the molecule is c1ccc(COc2c3cccc2Cc2cccc(c2OCc2ccccc2)Cc2cc(P(c4ccccc4)c4ccccc4)cc(c2OCc2ccccc2)Cc2cccc(c2OCc2ccccc2)C3)cc1. The highest BCUT2D eigenvalue weighted by molar-refractivity contribution is 7.79. The Morgan fingerprint density at radius 1 is 0.233 bits per heavy atom. The minimum absolute atomic E-state index is 0.418. The first-order chi connectivity index (χ1) is 36.2. The molecule has 0 radical (unpaired) electrons. The lowest BCUT2D eigenvalue weighted by atomic mass is 9.91. The molecule has 0 unspecified atom stereocenters. The largest absolute Gasteiger partial charge is 0.488 e. The Labute approximate surface area is 431 Å². The van der Waals surface area contributed by atoms with Gasteiger partial charge in [0, 0.05) is 25.7 Å². The van der Waals surface area contributed by atoms with Crippen LogP contribution in [0.25, 0.3) is 0 Å². The molecule has 0 aliphatic heterocycles. The maximum Gasteiger partial charge on any atom is 0.126 e. The zero-order valence-electron chi connectivity index (χ0n) is 40.9. The zero-order chi connectivity index (χ0) is 49.0. The second-order valence-electron chi connectivity index (χ2n) is 18.6. The van der Waals surface area contributed by atoms with E-state index in [0.29, 0.717) is 52.1 Å². The molecule has 358 valence electrons. The number of ether oxygens (including phenoxy) is 4. The molecule has 0 atom stereocenters. The predicted octanol–water partition coefficient (Wildman–Crippen LogP) is 14.4. The molecule has 10 aromatic carbocycles. The van der Waals surface area contributed by atoms with Gasteiger partial charge < -0.3 is 18.9 Å². The van der Waals surface area contributed by atoms with E-state index < -0.39 is 7.92 Å². The number of hydrogen-bond donors (Lipinski definition) is 0. The number of benzene rings is 10. The van der Waals surface area contributed by atoms with Crippen molar-refractivity contribution < 1.29 is 18.9 Å². The van der Waals surface area contributed by atoms with Gasteiger partial charge in [0.2, 0.25) is 0 Å². The fourth-order valence-corrected chi connectivity index (χ4v) is 12.4. The van der Waals surface area contributed by atoms with Crippen LogP contribution in [-0.2, 0) is 52.1 Å². The Kier molecular flexibility index (Phi) is 14.8. The Morgan fingerprint density at radius 2 is 0.466 bits per heavy atom. The second-order valence-corrected chi connectivity index (χ2v) is 20.8. The van der Waals surface area contributed by atoms with Crippen LogP contribution in [0, 0.1) is 0 Å². The lowest BCUT2D eigenvalue weighted by molar-refractivity contribution is 0.293. The van der Waals surface area contributed by atoms with Crippen molar-refractivity contribution in [1.82, 2.24) is 0 Å². The molecule has 1 aliphatic rings. The van der Waals surface area contributed by atoms with Crippen LogP contribution in [0.15, 0.2) is 249 Å². The summed E-state index contributed by atoms with van der Waals surface area (Å²) in [6.45, 7) is 1.72. The summed E-state index contributed by atoms with van der Waals surface area (Å²) in [6, 6.07) is 88.6. The zero-order valence-corrected chi connectivity index (χ0v) is 41.8. The summed E-state index contributed by atoms with van der Waals surface area (Å²) in [5.74, 6) is 3.54. The number of rotatable bonds is 15. The normalized spacial score (nSPS) is 12.0. The van der Waals surface area contributed by atoms with E-state index in [1.165, 1.54) is 15.9 Å². The lowest BCUT2D eigenvalue weighted by Gasteiger charge is -2.26. The third-order valence-electron chi connectivity index (χ3n) is 13.5. The summed E-state index contributed by atoms with van der Waals surface area (Å²) < 4.78 is 28.5. The number of para-hydroxylation sites is 3. The van der Waals surface area contributed by atoms with Crippen molar-refractivity contribution in [3.05, 3.63) is 315 Å². The Bertz CT molecular complexity index is 3210. The van der Waals surface area contributed by atoms with Crippen LogP contribution in [0.2, 0.25) is 0 Å². The van der Waals surface area contributed by atoms with Gasteiger partial charge in [-0.1, -0.05) is 237 Å². The summed E-state index contributed by atoms with van der Waals surface area (Å²) in [6.07, 6.45) is 2.35. The van der Waals surface area contributed by atoms with E-state index in [-0.39, 0.29) is 0 Å². The molecule has 0 saturated carbocycles. The van der Waals surface area contributed by atoms with Gasteiger partial charge in [0.25, 0.3) is 0 Å². The van der Waals surface area contributed by atoms with Gasteiger partial charge in [-0.3, -0.25) is 0 Å². The fourth-order valence-electron chi connectivity index (χ4n) is 9.96. The first-order valence-electron chi connectivity index (χ1n) is 25.2. The molecule has 4 nitrogen and oxygen atoms in total. The highest BCUT2D eigenvalue weighted by Crippen LogP contribution is 2.42. The fraction of sp³-hybridized carbons (Fsp3) is 0.118. The third kappa shape index (κ3) is 11.5. The topological polar surface area (TPSA) is 36.9 Å². The molecule has 1 aliphatic carbocycles. The maximum absolute atomic E-state index is 7.25. The van der Waals surface area contributed by atoms with Gasteiger partial charge in [-0.05, 0) is 103 Å². The predicted molar refractivity (Wildman–Crippen MR) is 299 cm³/mol. The van der Waals surface area contributed by atoms with E-state index in [0.717, 1.165) is 89.8 Å². The van der Waals surface area contributed by atoms with Gasteiger partial charge in [-0.2, -0.15) is 0 Å². The summed E-state index contributed by atoms with van der Waals surface area (Å²) in [7, 11) is -0.980. The molecule has 5 heteroatoms. The molecule has 11 rings (SSSR count). The van der Waals surface area contributed by atoms with E-state index in [4.69, 9.17) is 18.9 Å². The van der Waals surface area contributed by atoms with E-state index in [2.05, 4.69) is 243 Å². The first kappa shape index (κ1) is 47.2. The van der Waals surface area contributed by atoms with Crippen molar-refractivity contribution in [2.24, 2.45) is 0 Å². The van der Waals surface area contributed by atoms with Gasteiger partial charge in [-0.15, -0.1) is 0 Å². The van der Waals surface area contributed by atoms with Gasteiger partial charge in [-0.25, -0.2) is 0 Å². The minimum atomic E-state index is -0.980.